The van der Waals surface area contributed by atoms with Crippen LogP contribution in [0.5, 0.6) is 5.88 Å². The smallest absolute Gasteiger partial charge is 0.335 e. The second-order valence-corrected chi connectivity index (χ2v) is 7.29. The maximum absolute atomic E-state index is 14.2. The first-order valence-electron chi connectivity index (χ1n) is 9.27. The number of hydrogen-bond acceptors (Lipinski definition) is 6. The number of nitrogens with zero attached hydrogens (tertiary/aromatic N) is 3. The van der Waals surface area contributed by atoms with Gasteiger partial charge in [-0.05, 0) is 42.7 Å². The van der Waals surface area contributed by atoms with Crippen molar-refractivity contribution in [1.82, 2.24) is 15.0 Å². The topological polar surface area (TPSA) is 108 Å². The van der Waals surface area contributed by atoms with Gasteiger partial charge in [-0.3, -0.25) is 4.98 Å². The van der Waals surface area contributed by atoms with Crippen molar-refractivity contribution in [2.45, 2.75) is 24.4 Å². The molecule has 0 radical (unpaired) electrons. The number of anilines is 1. The van der Waals surface area contributed by atoms with E-state index in [1.54, 1.807) is 12.1 Å². The Bertz CT molecular complexity index is 1100. The van der Waals surface area contributed by atoms with Crippen LogP contribution in [-0.4, -0.2) is 43.9 Å². The van der Waals surface area contributed by atoms with E-state index in [-0.39, 0.29) is 48.0 Å². The normalized spacial score (nSPS) is 20.4. The second-order valence-electron chi connectivity index (χ2n) is 7.29. The Labute approximate surface area is 170 Å². The third-order valence-electron chi connectivity index (χ3n) is 5.26. The van der Waals surface area contributed by atoms with Crippen LogP contribution in [0.1, 0.15) is 28.9 Å². The number of aromatic carboxylic acids is 1. The molecule has 7 nitrogen and oxygen atoms in total. The third kappa shape index (κ3) is 3.66. The van der Waals surface area contributed by atoms with Crippen LogP contribution in [0.15, 0.2) is 48.8 Å². The molecule has 2 heterocycles. The number of carboxylic acid groups (broad SMARTS) is 1. The van der Waals surface area contributed by atoms with Gasteiger partial charge in [0.05, 0.1) is 16.8 Å². The van der Waals surface area contributed by atoms with Crippen molar-refractivity contribution in [2.75, 3.05) is 11.9 Å². The molecule has 0 atom stereocenters. The largest absolute Gasteiger partial charge is 0.493 e. The Balaban J connectivity index is 1.55. The molecule has 2 aromatic heterocycles. The van der Waals surface area contributed by atoms with Gasteiger partial charge in [0.1, 0.15) is 12.0 Å². The number of pyridine rings is 1. The van der Waals surface area contributed by atoms with E-state index >= 15 is 0 Å². The van der Waals surface area contributed by atoms with E-state index in [2.05, 4.69) is 20.3 Å². The van der Waals surface area contributed by atoms with Gasteiger partial charge in [-0.15, -0.1) is 0 Å². The molecule has 3 aromatic rings. The van der Waals surface area contributed by atoms with Crippen LogP contribution in [0, 0.1) is 5.82 Å². The molecule has 0 unspecified atom stereocenters. The van der Waals surface area contributed by atoms with E-state index in [9.17, 15) is 18.7 Å². The summed E-state index contributed by atoms with van der Waals surface area (Å²) in [5.41, 5.74) is 0.155. The lowest BCUT2D eigenvalue weighted by Gasteiger charge is -2.43. The van der Waals surface area contributed by atoms with Crippen LogP contribution in [0.4, 0.5) is 14.7 Å². The number of aromatic hydroxyl groups is 1. The molecular weight excluding hydrogens is 394 g/mol. The number of carboxylic acids is 1. The van der Waals surface area contributed by atoms with Crippen LogP contribution in [-0.2, 0) is 5.41 Å². The summed E-state index contributed by atoms with van der Waals surface area (Å²) in [4.78, 5) is 23.4. The number of halogens is 2. The number of carbonyl (C=O) groups is 1. The average molecular weight is 412 g/mol. The van der Waals surface area contributed by atoms with Crippen LogP contribution in [0.2, 0.25) is 0 Å². The Morgan fingerprint density at radius 2 is 2.03 bits per heavy atom. The highest BCUT2D eigenvalue weighted by atomic mass is 19.1. The molecule has 0 spiro atoms. The minimum atomic E-state index is -1.09. The molecule has 4 rings (SSSR count). The Morgan fingerprint density at radius 1 is 1.23 bits per heavy atom. The molecule has 0 bridgehead atoms. The van der Waals surface area contributed by atoms with Gasteiger partial charge in [-0.1, -0.05) is 12.1 Å². The SMILES string of the molecule is O=C(O)c1cccc(-c2cnc(NC[C@]3(c4ncccc4F)C[C@H](F)C3)nc2O)c1. The molecule has 1 aromatic carbocycles. The quantitative estimate of drug-likeness (QED) is 0.568. The number of hydrogen-bond donors (Lipinski definition) is 3. The highest BCUT2D eigenvalue weighted by Gasteiger charge is 2.48. The first kappa shape index (κ1) is 19.7. The highest BCUT2D eigenvalue weighted by Crippen LogP contribution is 2.45. The lowest BCUT2D eigenvalue weighted by molar-refractivity contribution is 0.0697. The van der Waals surface area contributed by atoms with Gasteiger partial charge in [-0.2, -0.15) is 4.98 Å². The van der Waals surface area contributed by atoms with Gasteiger partial charge < -0.3 is 15.5 Å². The first-order chi connectivity index (χ1) is 14.4. The summed E-state index contributed by atoms with van der Waals surface area (Å²) in [7, 11) is 0. The summed E-state index contributed by atoms with van der Waals surface area (Å²) in [6.07, 6.45) is 2.04. The molecule has 30 heavy (non-hydrogen) atoms. The van der Waals surface area contributed by atoms with Gasteiger partial charge in [-0.25, -0.2) is 18.6 Å². The molecule has 0 amide bonds. The maximum atomic E-state index is 14.2. The van der Waals surface area contributed by atoms with Crippen molar-refractivity contribution in [3.05, 3.63) is 65.9 Å². The lowest BCUT2D eigenvalue weighted by Crippen LogP contribution is -2.49. The molecule has 9 heteroatoms. The monoisotopic (exact) mass is 412 g/mol. The number of benzene rings is 1. The Hall–Kier alpha value is -3.62. The number of aromatic nitrogens is 3. The van der Waals surface area contributed by atoms with Crippen LogP contribution >= 0.6 is 0 Å². The van der Waals surface area contributed by atoms with E-state index in [1.165, 1.54) is 36.7 Å². The number of alkyl halides is 1. The van der Waals surface area contributed by atoms with Crippen LogP contribution in [0.3, 0.4) is 0 Å². The van der Waals surface area contributed by atoms with Crippen molar-refractivity contribution in [1.29, 1.82) is 0 Å². The zero-order valence-electron chi connectivity index (χ0n) is 15.7. The average Bonchev–Trinajstić information content (AvgIpc) is 2.71. The van der Waals surface area contributed by atoms with E-state index < -0.39 is 23.4 Å². The van der Waals surface area contributed by atoms with Crippen LogP contribution < -0.4 is 5.32 Å². The van der Waals surface area contributed by atoms with Gasteiger partial charge in [0.2, 0.25) is 11.8 Å². The zero-order valence-corrected chi connectivity index (χ0v) is 15.7. The molecular formula is C21H18F2N4O3. The summed E-state index contributed by atoms with van der Waals surface area (Å²) in [5.74, 6) is -1.84. The fraction of sp³-hybridized carbons (Fsp3) is 0.238. The maximum Gasteiger partial charge on any atom is 0.335 e. The summed E-state index contributed by atoms with van der Waals surface area (Å²) in [5, 5.41) is 22.4. The first-order valence-corrected chi connectivity index (χ1v) is 9.27. The molecule has 1 saturated carbocycles. The van der Waals surface area contributed by atoms with Crippen molar-refractivity contribution < 1.29 is 23.8 Å². The van der Waals surface area contributed by atoms with E-state index in [0.29, 0.717) is 5.56 Å². The molecule has 1 aliphatic carbocycles. The minimum Gasteiger partial charge on any atom is -0.493 e. The van der Waals surface area contributed by atoms with Gasteiger partial charge in [0.15, 0.2) is 0 Å². The highest BCUT2D eigenvalue weighted by molar-refractivity contribution is 5.89. The fourth-order valence-corrected chi connectivity index (χ4v) is 3.72. The second kappa shape index (κ2) is 7.66. The third-order valence-corrected chi connectivity index (χ3v) is 5.26. The van der Waals surface area contributed by atoms with Crippen molar-refractivity contribution in [2.24, 2.45) is 0 Å². The summed E-state index contributed by atoms with van der Waals surface area (Å²) in [6, 6.07) is 8.80. The van der Waals surface area contributed by atoms with Crippen LogP contribution in [0.25, 0.3) is 11.1 Å². The van der Waals surface area contributed by atoms with E-state index in [1.807, 2.05) is 0 Å². The summed E-state index contributed by atoms with van der Waals surface area (Å²) >= 11 is 0. The molecule has 1 fully saturated rings. The number of nitrogens with one attached hydrogen (secondary N) is 1. The summed E-state index contributed by atoms with van der Waals surface area (Å²) in [6.45, 7) is 0.147. The van der Waals surface area contributed by atoms with Crippen molar-refractivity contribution in [3.8, 4) is 17.0 Å². The van der Waals surface area contributed by atoms with Gasteiger partial charge in [0, 0.05) is 24.4 Å². The predicted molar refractivity (Wildman–Crippen MR) is 105 cm³/mol. The van der Waals surface area contributed by atoms with Gasteiger partial charge >= 0.3 is 5.97 Å². The van der Waals surface area contributed by atoms with Crippen molar-refractivity contribution >= 4 is 11.9 Å². The summed E-state index contributed by atoms with van der Waals surface area (Å²) < 4.78 is 27.9. The predicted octanol–water partition coefficient (Wildman–Crippen LogP) is 3.56. The minimum absolute atomic E-state index is 0.0687. The fourth-order valence-electron chi connectivity index (χ4n) is 3.72. The lowest BCUT2D eigenvalue weighted by atomic mass is 9.65. The molecule has 154 valence electrons. The van der Waals surface area contributed by atoms with Gasteiger partial charge in [0.25, 0.3) is 0 Å². The number of rotatable bonds is 6. The standard InChI is InChI=1S/C21H18F2N4O3/c22-14-8-21(9-14,17-16(23)5-2-6-24-17)11-26-20-25-10-15(18(28)27-20)12-3-1-4-13(7-12)19(29)30/h1-7,10,14H,8-9,11H2,(H,29,30)(H2,25,26,27,28)/t14-,21-. The molecule has 1 aliphatic rings. The Kier molecular flexibility index (Phi) is 5.03. The molecule has 0 saturated heterocycles. The van der Waals surface area contributed by atoms with E-state index in [0.717, 1.165) is 0 Å². The van der Waals surface area contributed by atoms with Crippen molar-refractivity contribution in [3.63, 3.8) is 0 Å². The Morgan fingerprint density at radius 3 is 2.70 bits per heavy atom. The zero-order chi connectivity index (χ0) is 21.3. The molecule has 3 N–H and O–H groups in total. The van der Waals surface area contributed by atoms with E-state index in [4.69, 9.17) is 5.11 Å². The molecule has 0 aliphatic heterocycles.